The zero-order chi connectivity index (χ0) is 22.7. The molecule has 1 atom stereocenters. The van der Waals surface area contributed by atoms with Gasteiger partial charge in [0.1, 0.15) is 5.75 Å². The number of alkyl halides is 2. The van der Waals surface area contributed by atoms with E-state index >= 15 is 0 Å². The maximum atomic E-state index is 13.1. The first-order valence-electron chi connectivity index (χ1n) is 9.63. The third kappa shape index (κ3) is 5.18. The van der Waals surface area contributed by atoms with Crippen LogP contribution in [0.15, 0.2) is 77.9 Å². The molecule has 0 aliphatic carbocycles. The number of benzene rings is 3. The van der Waals surface area contributed by atoms with Gasteiger partial charge < -0.3 is 10.1 Å². The smallest absolute Gasteiger partial charge is 0.387 e. The van der Waals surface area contributed by atoms with Gasteiger partial charge in [0, 0.05) is 22.2 Å². The topological polar surface area (TPSA) is 53.9 Å². The summed E-state index contributed by atoms with van der Waals surface area (Å²) in [5.74, 6) is 0.00116. The number of urea groups is 1. The Balaban J connectivity index is 1.58. The molecule has 164 valence electrons. The van der Waals surface area contributed by atoms with Crippen LogP contribution in [0.1, 0.15) is 23.6 Å². The van der Waals surface area contributed by atoms with Gasteiger partial charge in [-0.15, -0.1) is 0 Å². The highest BCUT2D eigenvalue weighted by atomic mass is 35.5. The van der Waals surface area contributed by atoms with Crippen molar-refractivity contribution in [2.45, 2.75) is 19.1 Å². The number of carbonyl (C=O) groups excluding carboxylic acids is 1. The minimum atomic E-state index is -2.92. The Morgan fingerprint density at radius 1 is 0.969 bits per heavy atom. The lowest BCUT2D eigenvalue weighted by molar-refractivity contribution is -0.0498. The Bertz CT molecular complexity index is 1120. The molecule has 0 spiro atoms. The summed E-state index contributed by atoms with van der Waals surface area (Å²) in [7, 11) is 0. The van der Waals surface area contributed by atoms with E-state index in [-0.39, 0.29) is 11.8 Å². The first-order valence-corrected chi connectivity index (χ1v) is 10.4. The second-order valence-electron chi connectivity index (χ2n) is 7.00. The molecule has 4 rings (SSSR count). The summed E-state index contributed by atoms with van der Waals surface area (Å²) >= 11 is 12.0. The highest BCUT2D eigenvalue weighted by molar-refractivity contribution is 6.31. The van der Waals surface area contributed by atoms with E-state index in [9.17, 15) is 13.6 Å². The number of ether oxygens (including phenoxy) is 1. The summed E-state index contributed by atoms with van der Waals surface area (Å²) < 4.78 is 29.0. The number of hydrogen-bond donors (Lipinski definition) is 1. The molecule has 0 fully saturated rings. The molecule has 1 aliphatic heterocycles. The summed E-state index contributed by atoms with van der Waals surface area (Å²) in [5.41, 5.74) is 2.88. The molecular formula is C23H17Cl2F2N3O2. The molecule has 0 saturated heterocycles. The van der Waals surface area contributed by atoms with E-state index in [0.29, 0.717) is 22.2 Å². The highest BCUT2D eigenvalue weighted by Crippen LogP contribution is 2.34. The van der Waals surface area contributed by atoms with Crippen LogP contribution in [0.2, 0.25) is 10.0 Å². The van der Waals surface area contributed by atoms with Crippen LogP contribution in [-0.2, 0) is 0 Å². The highest BCUT2D eigenvalue weighted by Gasteiger charge is 2.33. The maximum Gasteiger partial charge on any atom is 0.387 e. The molecule has 0 radical (unpaired) electrons. The standard InChI is InChI=1S/C23H17Cl2F2N3O2/c24-16-5-1-14(2-6-16)20-13-21(15-3-7-17(25)8-4-15)30(29-20)23(31)28-18-9-11-19(12-10-18)32-22(26)27/h1-12,21-22H,13H2,(H,28,31). The van der Waals surface area contributed by atoms with E-state index in [1.54, 1.807) is 24.3 Å². The van der Waals surface area contributed by atoms with Crippen LogP contribution < -0.4 is 10.1 Å². The molecule has 9 heteroatoms. The van der Waals surface area contributed by atoms with Crippen molar-refractivity contribution in [3.05, 3.63) is 94.0 Å². The summed E-state index contributed by atoms with van der Waals surface area (Å²) in [6, 6.07) is 19.3. The Morgan fingerprint density at radius 2 is 1.56 bits per heavy atom. The molecule has 0 aromatic heterocycles. The number of halogens is 4. The third-order valence-electron chi connectivity index (χ3n) is 4.88. The molecular weight excluding hydrogens is 459 g/mol. The number of anilines is 1. The van der Waals surface area contributed by atoms with Gasteiger partial charge in [0.15, 0.2) is 0 Å². The van der Waals surface area contributed by atoms with Crippen LogP contribution in [0, 0.1) is 0 Å². The van der Waals surface area contributed by atoms with Gasteiger partial charge in [-0.25, -0.2) is 9.80 Å². The number of rotatable bonds is 5. The second kappa shape index (κ2) is 9.54. The van der Waals surface area contributed by atoms with Gasteiger partial charge in [-0.3, -0.25) is 0 Å². The number of carbonyl (C=O) groups is 1. The van der Waals surface area contributed by atoms with E-state index in [2.05, 4.69) is 15.2 Å². The second-order valence-corrected chi connectivity index (χ2v) is 7.88. The summed E-state index contributed by atoms with van der Waals surface area (Å²) in [4.78, 5) is 13.1. The van der Waals surface area contributed by atoms with E-state index in [0.717, 1.165) is 16.8 Å². The molecule has 1 heterocycles. The number of nitrogens with one attached hydrogen (secondary N) is 1. The molecule has 3 aromatic carbocycles. The normalized spacial score (nSPS) is 15.6. The summed E-state index contributed by atoms with van der Waals surface area (Å²) in [6.45, 7) is -2.92. The first-order chi connectivity index (χ1) is 15.4. The average molecular weight is 476 g/mol. The molecule has 0 saturated carbocycles. The average Bonchev–Trinajstić information content (AvgIpc) is 3.21. The zero-order valence-electron chi connectivity index (χ0n) is 16.5. The van der Waals surface area contributed by atoms with Crippen LogP contribution in [-0.4, -0.2) is 23.4 Å². The van der Waals surface area contributed by atoms with Crippen molar-refractivity contribution >= 4 is 40.6 Å². The number of hydrogen-bond acceptors (Lipinski definition) is 3. The SMILES string of the molecule is O=C(Nc1ccc(OC(F)F)cc1)N1N=C(c2ccc(Cl)cc2)CC1c1ccc(Cl)cc1. The minimum Gasteiger partial charge on any atom is -0.435 e. The minimum absolute atomic E-state index is 0.00116. The molecule has 0 bridgehead atoms. The molecule has 32 heavy (non-hydrogen) atoms. The van der Waals surface area contributed by atoms with Crippen LogP contribution in [0.5, 0.6) is 5.75 Å². The lowest BCUT2D eigenvalue weighted by Crippen LogP contribution is -2.31. The number of amides is 2. The molecule has 3 aromatic rings. The first kappa shape index (κ1) is 22.0. The van der Waals surface area contributed by atoms with Crippen LogP contribution >= 0.6 is 23.2 Å². The fourth-order valence-corrected chi connectivity index (χ4v) is 3.61. The quantitative estimate of drug-likeness (QED) is 0.432. The Kier molecular flexibility index (Phi) is 6.58. The van der Waals surface area contributed by atoms with Crippen molar-refractivity contribution in [3.8, 4) is 5.75 Å². The lowest BCUT2D eigenvalue weighted by atomic mass is 9.98. The van der Waals surface area contributed by atoms with Crippen molar-refractivity contribution < 1.29 is 18.3 Å². The van der Waals surface area contributed by atoms with Crippen molar-refractivity contribution in [1.82, 2.24) is 5.01 Å². The van der Waals surface area contributed by atoms with Gasteiger partial charge in [-0.2, -0.15) is 13.9 Å². The third-order valence-corrected chi connectivity index (χ3v) is 5.39. The Labute approximate surface area is 193 Å². The molecule has 1 unspecified atom stereocenters. The zero-order valence-corrected chi connectivity index (χ0v) is 18.0. The fraction of sp³-hybridized carbons (Fsp3) is 0.130. The Hall–Kier alpha value is -3.16. The predicted molar refractivity (Wildman–Crippen MR) is 121 cm³/mol. The lowest BCUT2D eigenvalue weighted by Gasteiger charge is -2.22. The monoisotopic (exact) mass is 475 g/mol. The van der Waals surface area contributed by atoms with Gasteiger partial charge >= 0.3 is 12.6 Å². The molecule has 1 N–H and O–H groups in total. The molecule has 1 aliphatic rings. The van der Waals surface area contributed by atoms with Crippen LogP contribution in [0.25, 0.3) is 0 Å². The van der Waals surface area contributed by atoms with Gasteiger partial charge in [0.2, 0.25) is 0 Å². The summed E-state index contributed by atoms with van der Waals surface area (Å²) in [6.07, 6.45) is 0.498. The van der Waals surface area contributed by atoms with Crippen LogP contribution in [0.3, 0.4) is 0 Å². The molecule has 5 nitrogen and oxygen atoms in total. The van der Waals surface area contributed by atoms with Crippen LogP contribution in [0.4, 0.5) is 19.3 Å². The maximum absolute atomic E-state index is 13.1. The van der Waals surface area contributed by atoms with E-state index in [1.165, 1.54) is 29.3 Å². The van der Waals surface area contributed by atoms with Gasteiger partial charge in [0.05, 0.1) is 11.8 Å². The van der Waals surface area contributed by atoms with Gasteiger partial charge in [-0.1, -0.05) is 47.5 Å². The largest absolute Gasteiger partial charge is 0.435 e. The van der Waals surface area contributed by atoms with Crippen molar-refractivity contribution in [1.29, 1.82) is 0 Å². The fourth-order valence-electron chi connectivity index (χ4n) is 3.36. The Morgan fingerprint density at radius 3 is 2.16 bits per heavy atom. The van der Waals surface area contributed by atoms with Gasteiger partial charge in [-0.05, 0) is 59.7 Å². The van der Waals surface area contributed by atoms with E-state index in [1.807, 2.05) is 24.3 Å². The predicted octanol–water partition coefficient (Wildman–Crippen LogP) is 6.98. The number of nitrogens with zero attached hydrogens (tertiary/aromatic N) is 2. The van der Waals surface area contributed by atoms with E-state index < -0.39 is 12.6 Å². The van der Waals surface area contributed by atoms with Gasteiger partial charge in [0.25, 0.3) is 0 Å². The summed E-state index contributed by atoms with van der Waals surface area (Å²) in [5, 5.41) is 9.87. The molecule has 2 amide bonds. The van der Waals surface area contributed by atoms with Crippen molar-refractivity contribution in [3.63, 3.8) is 0 Å². The number of hydrazone groups is 1. The van der Waals surface area contributed by atoms with Crippen molar-refractivity contribution in [2.75, 3.05) is 5.32 Å². The van der Waals surface area contributed by atoms with E-state index in [4.69, 9.17) is 23.2 Å². The van der Waals surface area contributed by atoms with Crippen molar-refractivity contribution in [2.24, 2.45) is 5.10 Å².